The molecule has 0 radical (unpaired) electrons. The van der Waals surface area contributed by atoms with Crippen LogP contribution in [-0.4, -0.2) is 23.3 Å². The van der Waals surface area contributed by atoms with Gasteiger partial charge in [0, 0.05) is 29.3 Å². The summed E-state index contributed by atoms with van der Waals surface area (Å²) in [6, 6.07) is 11.2. The summed E-state index contributed by atoms with van der Waals surface area (Å²) >= 11 is 3.40. The Labute approximate surface area is 142 Å². The number of halogens is 1. The van der Waals surface area contributed by atoms with Gasteiger partial charge in [-0.25, -0.2) is 4.98 Å². The fourth-order valence-corrected chi connectivity index (χ4v) is 3.00. The van der Waals surface area contributed by atoms with E-state index in [0.717, 1.165) is 15.7 Å². The van der Waals surface area contributed by atoms with E-state index in [1.165, 1.54) is 0 Å². The van der Waals surface area contributed by atoms with E-state index in [2.05, 4.69) is 26.2 Å². The van der Waals surface area contributed by atoms with Gasteiger partial charge in [0.1, 0.15) is 5.82 Å². The van der Waals surface area contributed by atoms with Crippen LogP contribution in [-0.2, 0) is 9.59 Å². The molecule has 1 atom stereocenters. The highest BCUT2D eigenvalue weighted by molar-refractivity contribution is 9.10. The maximum atomic E-state index is 12.4. The van der Waals surface area contributed by atoms with Crippen molar-refractivity contribution in [2.24, 2.45) is 5.92 Å². The molecule has 2 amide bonds. The predicted molar refractivity (Wildman–Crippen MR) is 92.2 cm³/mol. The summed E-state index contributed by atoms with van der Waals surface area (Å²) in [6.45, 7) is 2.32. The van der Waals surface area contributed by atoms with Gasteiger partial charge >= 0.3 is 0 Å². The van der Waals surface area contributed by atoms with Crippen molar-refractivity contribution in [1.82, 2.24) is 4.98 Å². The Morgan fingerprint density at radius 3 is 2.91 bits per heavy atom. The van der Waals surface area contributed by atoms with Crippen molar-refractivity contribution in [2.75, 3.05) is 16.8 Å². The van der Waals surface area contributed by atoms with Crippen LogP contribution in [0, 0.1) is 12.8 Å². The van der Waals surface area contributed by atoms with Crippen molar-refractivity contribution in [3.05, 3.63) is 52.6 Å². The van der Waals surface area contributed by atoms with Crippen LogP contribution < -0.4 is 10.2 Å². The SMILES string of the molecule is Cc1ccnc(NC(=O)C2CC(=O)N(c3cccc(Br)c3)C2)c1. The van der Waals surface area contributed by atoms with Gasteiger partial charge in [0.15, 0.2) is 0 Å². The first-order valence-electron chi connectivity index (χ1n) is 7.32. The smallest absolute Gasteiger partial charge is 0.230 e. The molecule has 0 aliphatic carbocycles. The zero-order chi connectivity index (χ0) is 16.4. The molecule has 0 spiro atoms. The molecule has 1 aliphatic rings. The monoisotopic (exact) mass is 373 g/mol. The van der Waals surface area contributed by atoms with Crippen LogP contribution in [0.3, 0.4) is 0 Å². The number of anilines is 2. The first-order valence-corrected chi connectivity index (χ1v) is 8.11. The van der Waals surface area contributed by atoms with E-state index in [-0.39, 0.29) is 24.2 Å². The van der Waals surface area contributed by atoms with Crippen molar-refractivity contribution >= 4 is 39.2 Å². The summed E-state index contributed by atoms with van der Waals surface area (Å²) in [5.74, 6) is -0.0680. The zero-order valence-corrected chi connectivity index (χ0v) is 14.2. The van der Waals surface area contributed by atoms with Crippen LogP contribution in [0.15, 0.2) is 47.1 Å². The highest BCUT2D eigenvalue weighted by Gasteiger charge is 2.35. The number of hydrogen-bond acceptors (Lipinski definition) is 3. The van der Waals surface area contributed by atoms with E-state index in [4.69, 9.17) is 0 Å². The Bertz CT molecular complexity index is 763. The van der Waals surface area contributed by atoms with Crippen LogP contribution in [0.25, 0.3) is 0 Å². The first-order chi connectivity index (χ1) is 11.0. The molecule has 1 aliphatic heterocycles. The number of aryl methyl sites for hydroxylation is 1. The first kappa shape index (κ1) is 15.7. The highest BCUT2D eigenvalue weighted by atomic mass is 79.9. The van der Waals surface area contributed by atoms with Crippen LogP contribution in [0.1, 0.15) is 12.0 Å². The lowest BCUT2D eigenvalue weighted by Crippen LogP contribution is -2.28. The minimum atomic E-state index is -0.371. The summed E-state index contributed by atoms with van der Waals surface area (Å²) < 4.78 is 0.902. The maximum absolute atomic E-state index is 12.4. The quantitative estimate of drug-likeness (QED) is 0.898. The van der Waals surface area contributed by atoms with Gasteiger partial charge in [-0.15, -0.1) is 0 Å². The Hall–Kier alpha value is -2.21. The minimum Gasteiger partial charge on any atom is -0.312 e. The van der Waals surface area contributed by atoms with Gasteiger partial charge < -0.3 is 10.2 Å². The number of nitrogens with one attached hydrogen (secondary N) is 1. The molecule has 1 aromatic heterocycles. The average molecular weight is 374 g/mol. The Morgan fingerprint density at radius 1 is 1.35 bits per heavy atom. The third-order valence-corrected chi connectivity index (χ3v) is 4.28. The Kier molecular flexibility index (Phi) is 4.43. The van der Waals surface area contributed by atoms with Crippen molar-refractivity contribution < 1.29 is 9.59 Å². The molecule has 1 N–H and O–H groups in total. The predicted octanol–water partition coefficient (Wildman–Crippen LogP) is 3.14. The molecule has 2 aromatic rings. The van der Waals surface area contributed by atoms with Crippen LogP contribution in [0.2, 0.25) is 0 Å². The van der Waals surface area contributed by atoms with Crippen LogP contribution in [0.4, 0.5) is 11.5 Å². The zero-order valence-electron chi connectivity index (χ0n) is 12.6. The molecule has 1 saturated heterocycles. The summed E-state index contributed by atoms with van der Waals surface area (Å²) in [7, 11) is 0. The molecule has 118 valence electrons. The third-order valence-electron chi connectivity index (χ3n) is 3.78. The molecule has 6 heteroatoms. The van der Waals surface area contributed by atoms with E-state index in [0.29, 0.717) is 12.4 Å². The number of rotatable bonds is 3. The van der Waals surface area contributed by atoms with E-state index >= 15 is 0 Å². The number of benzene rings is 1. The number of aromatic nitrogens is 1. The molecule has 0 bridgehead atoms. The van der Waals surface area contributed by atoms with Crippen molar-refractivity contribution in [3.63, 3.8) is 0 Å². The van der Waals surface area contributed by atoms with E-state index in [1.54, 1.807) is 17.2 Å². The number of pyridine rings is 1. The Morgan fingerprint density at radius 2 is 2.17 bits per heavy atom. The second kappa shape index (κ2) is 6.50. The van der Waals surface area contributed by atoms with Gasteiger partial charge in [0.2, 0.25) is 11.8 Å². The number of carbonyl (C=O) groups excluding carboxylic acids is 2. The molecule has 23 heavy (non-hydrogen) atoms. The largest absolute Gasteiger partial charge is 0.312 e. The van der Waals surface area contributed by atoms with Crippen molar-refractivity contribution in [1.29, 1.82) is 0 Å². The molecule has 3 rings (SSSR count). The van der Waals surface area contributed by atoms with Crippen molar-refractivity contribution in [3.8, 4) is 0 Å². The van der Waals surface area contributed by atoms with Gasteiger partial charge in [0.05, 0.1) is 5.92 Å². The van der Waals surface area contributed by atoms with Gasteiger partial charge in [-0.2, -0.15) is 0 Å². The normalized spacial score (nSPS) is 17.4. The number of carbonyl (C=O) groups is 2. The second-order valence-electron chi connectivity index (χ2n) is 5.59. The molecule has 1 fully saturated rings. The van der Waals surface area contributed by atoms with Gasteiger partial charge in [-0.05, 0) is 42.8 Å². The molecular formula is C17H16BrN3O2. The molecule has 1 unspecified atom stereocenters. The lowest BCUT2D eigenvalue weighted by molar-refractivity contribution is -0.122. The summed E-state index contributed by atoms with van der Waals surface area (Å²) in [5.41, 5.74) is 1.82. The second-order valence-corrected chi connectivity index (χ2v) is 6.51. The molecular weight excluding hydrogens is 358 g/mol. The standard InChI is InChI=1S/C17H16BrN3O2/c1-11-5-6-19-15(7-11)20-17(23)12-8-16(22)21(10-12)14-4-2-3-13(18)9-14/h2-7,9,12H,8,10H2,1H3,(H,19,20,23). The van der Waals surface area contributed by atoms with E-state index in [9.17, 15) is 9.59 Å². The molecule has 2 heterocycles. The molecule has 0 saturated carbocycles. The number of nitrogens with zero attached hydrogens (tertiary/aromatic N) is 2. The summed E-state index contributed by atoms with van der Waals surface area (Å²) in [6.07, 6.45) is 1.86. The summed E-state index contributed by atoms with van der Waals surface area (Å²) in [4.78, 5) is 30.4. The van der Waals surface area contributed by atoms with Gasteiger partial charge in [0.25, 0.3) is 0 Å². The Balaban J connectivity index is 1.70. The third kappa shape index (κ3) is 3.59. The van der Waals surface area contributed by atoms with Crippen molar-refractivity contribution in [2.45, 2.75) is 13.3 Å². The highest BCUT2D eigenvalue weighted by Crippen LogP contribution is 2.27. The van der Waals surface area contributed by atoms with E-state index in [1.807, 2.05) is 37.3 Å². The van der Waals surface area contributed by atoms with Crippen LogP contribution in [0.5, 0.6) is 0 Å². The van der Waals surface area contributed by atoms with E-state index < -0.39 is 0 Å². The number of hydrogen-bond donors (Lipinski definition) is 1. The fourth-order valence-electron chi connectivity index (χ4n) is 2.61. The van der Waals surface area contributed by atoms with Crippen LogP contribution >= 0.6 is 15.9 Å². The molecule has 5 nitrogen and oxygen atoms in total. The lowest BCUT2D eigenvalue weighted by atomic mass is 10.1. The number of amides is 2. The topological polar surface area (TPSA) is 62.3 Å². The van der Waals surface area contributed by atoms with Gasteiger partial charge in [-0.1, -0.05) is 22.0 Å². The maximum Gasteiger partial charge on any atom is 0.230 e. The lowest BCUT2D eigenvalue weighted by Gasteiger charge is -2.17. The minimum absolute atomic E-state index is 0.0412. The average Bonchev–Trinajstić information content (AvgIpc) is 2.89. The molecule has 1 aromatic carbocycles. The fraction of sp³-hybridized carbons (Fsp3) is 0.235. The van der Waals surface area contributed by atoms with Gasteiger partial charge in [-0.3, -0.25) is 9.59 Å². The summed E-state index contributed by atoms with van der Waals surface area (Å²) in [5, 5.41) is 2.79.